The molecular weight excluding hydrogens is 278 g/mol. The highest BCUT2D eigenvalue weighted by Gasteiger charge is 2.21. The van der Waals surface area contributed by atoms with E-state index in [4.69, 9.17) is 5.73 Å². The minimum absolute atomic E-state index is 0.150. The largest absolute Gasteiger partial charge is 0.346 e. The SMILES string of the molecule is CN(C)S(=O)(=O)c1ccc(C(=O)NC(C)(C)CN)cc1. The van der Waals surface area contributed by atoms with Crippen molar-refractivity contribution in [2.75, 3.05) is 20.6 Å². The van der Waals surface area contributed by atoms with Gasteiger partial charge in [0.25, 0.3) is 5.91 Å². The summed E-state index contributed by atoms with van der Waals surface area (Å²) in [4.78, 5) is 12.1. The average Bonchev–Trinajstić information content (AvgIpc) is 2.38. The molecule has 0 aliphatic carbocycles. The van der Waals surface area contributed by atoms with Crippen LogP contribution in [-0.2, 0) is 10.0 Å². The van der Waals surface area contributed by atoms with Crippen LogP contribution < -0.4 is 11.1 Å². The van der Waals surface area contributed by atoms with E-state index in [9.17, 15) is 13.2 Å². The summed E-state index contributed by atoms with van der Waals surface area (Å²) in [6.07, 6.45) is 0. The number of amides is 1. The molecule has 1 aromatic carbocycles. The van der Waals surface area contributed by atoms with Crippen molar-refractivity contribution in [1.29, 1.82) is 0 Å². The summed E-state index contributed by atoms with van der Waals surface area (Å²) in [5.74, 6) is -0.283. The number of carbonyl (C=O) groups is 1. The molecule has 1 rings (SSSR count). The third-order valence-electron chi connectivity index (χ3n) is 2.86. The van der Waals surface area contributed by atoms with Crippen molar-refractivity contribution in [3.63, 3.8) is 0 Å². The van der Waals surface area contributed by atoms with Crippen molar-refractivity contribution < 1.29 is 13.2 Å². The molecule has 0 atom stereocenters. The second-order valence-electron chi connectivity index (χ2n) is 5.35. The summed E-state index contributed by atoms with van der Waals surface area (Å²) < 4.78 is 24.9. The van der Waals surface area contributed by atoms with E-state index in [-0.39, 0.29) is 10.8 Å². The van der Waals surface area contributed by atoms with Crippen molar-refractivity contribution in [2.24, 2.45) is 5.73 Å². The van der Waals surface area contributed by atoms with Crippen molar-refractivity contribution in [3.05, 3.63) is 29.8 Å². The number of carbonyl (C=O) groups excluding carboxylic acids is 1. The van der Waals surface area contributed by atoms with E-state index in [0.29, 0.717) is 12.1 Å². The van der Waals surface area contributed by atoms with Gasteiger partial charge in [-0.1, -0.05) is 0 Å². The maximum absolute atomic E-state index is 12.0. The fourth-order valence-electron chi connectivity index (χ4n) is 1.42. The zero-order valence-corrected chi connectivity index (χ0v) is 13.0. The summed E-state index contributed by atoms with van der Waals surface area (Å²) in [6.45, 7) is 3.94. The predicted molar refractivity (Wildman–Crippen MR) is 77.9 cm³/mol. The quantitative estimate of drug-likeness (QED) is 0.823. The number of nitrogens with one attached hydrogen (secondary N) is 1. The lowest BCUT2D eigenvalue weighted by Gasteiger charge is -2.24. The maximum atomic E-state index is 12.0. The van der Waals surface area contributed by atoms with Crippen LogP contribution in [0.25, 0.3) is 0 Å². The lowest BCUT2D eigenvalue weighted by atomic mass is 10.1. The number of benzene rings is 1. The van der Waals surface area contributed by atoms with Crippen LogP contribution in [0.15, 0.2) is 29.2 Å². The Morgan fingerprint density at radius 2 is 1.75 bits per heavy atom. The molecular formula is C13H21N3O3S. The van der Waals surface area contributed by atoms with Gasteiger partial charge in [-0.15, -0.1) is 0 Å². The van der Waals surface area contributed by atoms with E-state index in [1.54, 1.807) is 0 Å². The smallest absolute Gasteiger partial charge is 0.251 e. The first-order valence-electron chi connectivity index (χ1n) is 6.15. The van der Waals surface area contributed by atoms with Gasteiger partial charge in [-0.3, -0.25) is 4.79 Å². The molecule has 0 bridgehead atoms. The van der Waals surface area contributed by atoms with E-state index in [2.05, 4.69) is 5.32 Å². The van der Waals surface area contributed by atoms with Crippen LogP contribution in [-0.4, -0.2) is 44.8 Å². The van der Waals surface area contributed by atoms with Gasteiger partial charge >= 0.3 is 0 Å². The van der Waals surface area contributed by atoms with Gasteiger partial charge in [-0.2, -0.15) is 0 Å². The van der Waals surface area contributed by atoms with E-state index in [0.717, 1.165) is 4.31 Å². The zero-order chi connectivity index (χ0) is 15.6. The van der Waals surface area contributed by atoms with Crippen LogP contribution in [0.2, 0.25) is 0 Å². The molecule has 0 radical (unpaired) electrons. The number of hydrogen-bond donors (Lipinski definition) is 2. The molecule has 6 nitrogen and oxygen atoms in total. The number of rotatable bonds is 5. The third kappa shape index (κ3) is 3.78. The average molecular weight is 299 g/mol. The Bertz CT molecular complexity index is 577. The Kier molecular flexibility index (Phi) is 4.90. The van der Waals surface area contributed by atoms with Gasteiger partial charge in [0.15, 0.2) is 0 Å². The molecule has 0 unspecified atom stereocenters. The minimum atomic E-state index is -3.48. The molecule has 1 amide bonds. The number of hydrogen-bond acceptors (Lipinski definition) is 4. The first kappa shape index (κ1) is 16.6. The fourth-order valence-corrected chi connectivity index (χ4v) is 2.32. The summed E-state index contributed by atoms with van der Waals surface area (Å²) in [6, 6.07) is 5.80. The molecule has 1 aromatic rings. The molecule has 0 aromatic heterocycles. The normalized spacial score (nSPS) is 12.5. The Morgan fingerprint density at radius 3 is 2.15 bits per heavy atom. The van der Waals surface area contributed by atoms with Gasteiger partial charge in [0.2, 0.25) is 10.0 Å². The van der Waals surface area contributed by atoms with Gasteiger partial charge in [-0.25, -0.2) is 12.7 Å². The van der Waals surface area contributed by atoms with Gasteiger partial charge in [0, 0.05) is 31.7 Å². The molecule has 0 saturated heterocycles. The Morgan fingerprint density at radius 1 is 1.25 bits per heavy atom. The van der Waals surface area contributed by atoms with Crippen LogP contribution in [0.4, 0.5) is 0 Å². The van der Waals surface area contributed by atoms with E-state index < -0.39 is 15.6 Å². The highest BCUT2D eigenvalue weighted by atomic mass is 32.2. The Balaban J connectivity index is 2.96. The first-order chi connectivity index (χ1) is 9.10. The van der Waals surface area contributed by atoms with Gasteiger partial charge < -0.3 is 11.1 Å². The second kappa shape index (κ2) is 5.90. The zero-order valence-electron chi connectivity index (χ0n) is 12.2. The third-order valence-corrected chi connectivity index (χ3v) is 4.69. The topological polar surface area (TPSA) is 92.5 Å². The highest BCUT2D eigenvalue weighted by Crippen LogP contribution is 2.14. The molecule has 0 aliphatic heterocycles. The predicted octanol–water partition coefficient (Wildman–Crippen LogP) is 0.404. The van der Waals surface area contributed by atoms with Crippen LogP contribution >= 0.6 is 0 Å². The van der Waals surface area contributed by atoms with E-state index in [1.807, 2.05) is 13.8 Å². The van der Waals surface area contributed by atoms with Crippen LogP contribution in [0.1, 0.15) is 24.2 Å². The van der Waals surface area contributed by atoms with Crippen LogP contribution in [0.3, 0.4) is 0 Å². The maximum Gasteiger partial charge on any atom is 0.251 e. The van der Waals surface area contributed by atoms with Gasteiger partial charge in [-0.05, 0) is 38.1 Å². The molecule has 0 saturated carbocycles. The Hall–Kier alpha value is -1.44. The minimum Gasteiger partial charge on any atom is -0.346 e. The second-order valence-corrected chi connectivity index (χ2v) is 7.51. The van der Waals surface area contributed by atoms with E-state index >= 15 is 0 Å². The summed E-state index contributed by atoms with van der Waals surface area (Å²) >= 11 is 0. The van der Waals surface area contributed by atoms with Crippen molar-refractivity contribution >= 4 is 15.9 Å². The van der Waals surface area contributed by atoms with Gasteiger partial charge in [0.05, 0.1) is 4.90 Å². The summed E-state index contributed by atoms with van der Waals surface area (Å²) in [7, 11) is -0.561. The molecule has 0 spiro atoms. The number of nitrogens with two attached hydrogens (primary N) is 1. The van der Waals surface area contributed by atoms with E-state index in [1.165, 1.54) is 38.4 Å². The lowest BCUT2D eigenvalue weighted by molar-refractivity contribution is 0.0915. The molecule has 0 heterocycles. The molecule has 3 N–H and O–H groups in total. The monoisotopic (exact) mass is 299 g/mol. The van der Waals surface area contributed by atoms with Crippen molar-refractivity contribution in [2.45, 2.75) is 24.3 Å². The van der Waals surface area contributed by atoms with Crippen molar-refractivity contribution in [1.82, 2.24) is 9.62 Å². The van der Waals surface area contributed by atoms with Crippen LogP contribution in [0.5, 0.6) is 0 Å². The number of nitrogens with zero attached hydrogens (tertiary/aromatic N) is 1. The first-order valence-corrected chi connectivity index (χ1v) is 7.59. The molecule has 0 aliphatic rings. The van der Waals surface area contributed by atoms with Crippen molar-refractivity contribution in [3.8, 4) is 0 Å². The molecule has 112 valence electrons. The fraction of sp³-hybridized carbons (Fsp3) is 0.462. The highest BCUT2D eigenvalue weighted by molar-refractivity contribution is 7.89. The van der Waals surface area contributed by atoms with Gasteiger partial charge in [0.1, 0.15) is 0 Å². The van der Waals surface area contributed by atoms with Crippen LogP contribution in [0, 0.1) is 0 Å². The molecule has 0 fully saturated rings. The number of sulfonamides is 1. The molecule has 20 heavy (non-hydrogen) atoms. The lowest BCUT2D eigenvalue weighted by Crippen LogP contribution is -2.48. The standard InChI is InChI=1S/C13H21N3O3S/c1-13(2,9-14)15-12(17)10-5-7-11(8-6-10)20(18,19)16(3)4/h5-8H,9,14H2,1-4H3,(H,15,17). The molecule has 7 heteroatoms. The Labute approximate surface area is 120 Å². The summed E-state index contributed by atoms with van der Waals surface area (Å²) in [5.41, 5.74) is 5.43. The summed E-state index contributed by atoms with van der Waals surface area (Å²) in [5, 5.41) is 2.78.